The van der Waals surface area contributed by atoms with Crippen LogP contribution in [0, 0.1) is 0 Å². The second-order valence-corrected chi connectivity index (χ2v) is 18.5. The Morgan fingerprint density at radius 1 is 0.467 bits per heavy atom. The van der Waals surface area contributed by atoms with Crippen LogP contribution >= 0.6 is 23.2 Å². The molecule has 0 fully saturated rings. The van der Waals surface area contributed by atoms with Crippen molar-refractivity contribution in [3.05, 3.63) is 183 Å². The summed E-state index contributed by atoms with van der Waals surface area (Å²) in [6.45, 7) is 13.2. The molecule has 1 spiro atoms. The van der Waals surface area contributed by atoms with Crippen LogP contribution in [0.5, 0.6) is 0 Å². The Labute approximate surface area is 360 Å². The van der Waals surface area contributed by atoms with Crippen LogP contribution in [0.3, 0.4) is 0 Å². The molecule has 0 unspecified atom stereocenters. The van der Waals surface area contributed by atoms with E-state index in [0.717, 1.165) is 50.9 Å². The molecule has 0 saturated carbocycles. The van der Waals surface area contributed by atoms with Crippen LogP contribution in [-0.2, 0) is 16.2 Å². The zero-order chi connectivity index (χ0) is 41.6. The Kier molecular flexibility index (Phi) is 8.90. The average Bonchev–Trinajstić information content (AvgIpc) is 3.53. The average molecular weight is 822 g/mol. The van der Waals surface area contributed by atoms with E-state index in [0.29, 0.717) is 23.3 Å². The van der Waals surface area contributed by atoms with E-state index in [4.69, 9.17) is 43.1 Å². The SMILES string of the molecule is CC(C)(C)c1ccc(-c2nc(Cl)nc(-c3ccc4c(c3)C3(C5=C(C=CC=CC5)c5ccccc53)c3cc(-c5nc(Cl)nc(-c6ccc(C(C)(C)C)cc6)n5)ccc3-4)n2)cc1. The van der Waals surface area contributed by atoms with E-state index in [-0.39, 0.29) is 21.4 Å². The van der Waals surface area contributed by atoms with Crippen molar-refractivity contribution in [3.8, 4) is 56.7 Å². The highest BCUT2D eigenvalue weighted by Gasteiger charge is 2.52. The van der Waals surface area contributed by atoms with E-state index in [1.807, 2.05) is 0 Å². The van der Waals surface area contributed by atoms with E-state index >= 15 is 0 Å². The molecule has 2 aromatic heterocycles. The van der Waals surface area contributed by atoms with Gasteiger partial charge in [0.05, 0.1) is 5.41 Å². The summed E-state index contributed by atoms with van der Waals surface area (Å²) in [4.78, 5) is 28.6. The summed E-state index contributed by atoms with van der Waals surface area (Å²) >= 11 is 13.4. The largest absolute Gasteiger partial charge is 0.226 e. The van der Waals surface area contributed by atoms with Crippen LogP contribution in [0.1, 0.15) is 81.3 Å². The lowest BCUT2D eigenvalue weighted by Crippen LogP contribution is -2.27. The highest BCUT2D eigenvalue weighted by molar-refractivity contribution is 6.28. The molecular formula is C52H42Cl2N6. The molecule has 0 saturated heterocycles. The fourth-order valence-corrected chi connectivity index (χ4v) is 9.43. The summed E-state index contributed by atoms with van der Waals surface area (Å²) in [5, 5.41) is 0.294. The quantitative estimate of drug-likeness (QED) is 0.176. The minimum Gasteiger partial charge on any atom is -0.208 e. The first kappa shape index (κ1) is 38.1. The molecule has 5 aromatic carbocycles. The topological polar surface area (TPSA) is 77.3 Å². The summed E-state index contributed by atoms with van der Waals surface area (Å²) in [5.74, 6) is 2.10. The van der Waals surface area contributed by atoms with Gasteiger partial charge in [-0.3, -0.25) is 0 Å². The molecule has 0 aliphatic heterocycles. The van der Waals surface area contributed by atoms with Crippen LogP contribution in [0.25, 0.3) is 62.3 Å². The number of fused-ring (bicyclic) bond motifs is 9. The van der Waals surface area contributed by atoms with Crippen molar-refractivity contribution in [2.45, 2.75) is 64.2 Å². The van der Waals surface area contributed by atoms with Gasteiger partial charge in [0, 0.05) is 22.3 Å². The summed E-state index contributed by atoms with van der Waals surface area (Å²) in [7, 11) is 0. The normalized spacial score (nSPS) is 14.9. The molecule has 0 N–H and O–H groups in total. The fourth-order valence-electron chi connectivity index (χ4n) is 9.11. The maximum absolute atomic E-state index is 6.69. The van der Waals surface area contributed by atoms with Crippen LogP contribution in [0.15, 0.2) is 139 Å². The number of hydrogen-bond donors (Lipinski definition) is 0. The number of allylic oxidation sites excluding steroid dienone is 6. The minimum atomic E-state index is -0.632. The van der Waals surface area contributed by atoms with Gasteiger partial charge in [-0.25, -0.2) is 9.97 Å². The molecule has 3 aliphatic carbocycles. The number of nitrogens with zero attached hydrogens (tertiary/aromatic N) is 6. The van der Waals surface area contributed by atoms with Crippen molar-refractivity contribution >= 4 is 28.8 Å². The second-order valence-electron chi connectivity index (χ2n) is 17.9. The molecule has 0 bridgehead atoms. The molecule has 10 rings (SSSR count). The van der Waals surface area contributed by atoms with Crippen molar-refractivity contribution in [2.24, 2.45) is 0 Å². The third-order valence-corrected chi connectivity index (χ3v) is 12.5. The molecule has 294 valence electrons. The molecule has 6 nitrogen and oxygen atoms in total. The van der Waals surface area contributed by atoms with E-state index < -0.39 is 5.41 Å². The first-order chi connectivity index (χ1) is 28.8. The molecule has 2 heterocycles. The molecule has 60 heavy (non-hydrogen) atoms. The Hall–Kier alpha value is -6.08. The molecule has 0 atom stereocenters. The predicted molar refractivity (Wildman–Crippen MR) is 244 cm³/mol. The molecular weight excluding hydrogens is 780 g/mol. The fraction of sp³-hybridized carbons (Fsp3) is 0.192. The smallest absolute Gasteiger partial charge is 0.208 e. The lowest BCUT2D eigenvalue weighted by molar-refractivity contribution is 0.590. The van der Waals surface area contributed by atoms with Crippen LogP contribution in [-0.4, -0.2) is 29.9 Å². The summed E-state index contributed by atoms with van der Waals surface area (Å²) in [5.41, 5.74) is 15.0. The van der Waals surface area contributed by atoms with Gasteiger partial charge in [0.25, 0.3) is 0 Å². The highest BCUT2D eigenvalue weighted by Crippen LogP contribution is 2.63. The van der Waals surface area contributed by atoms with Gasteiger partial charge in [0.2, 0.25) is 10.6 Å². The zero-order valence-corrected chi connectivity index (χ0v) is 35.9. The molecule has 0 radical (unpaired) electrons. The van der Waals surface area contributed by atoms with Crippen molar-refractivity contribution in [1.29, 1.82) is 0 Å². The molecule has 3 aliphatic rings. The second kappa shape index (κ2) is 14.0. The monoisotopic (exact) mass is 820 g/mol. The third-order valence-electron chi connectivity index (χ3n) is 12.1. The molecule has 7 aromatic rings. The van der Waals surface area contributed by atoms with E-state index in [1.165, 1.54) is 33.4 Å². The highest BCUT2D eigenvalue weighted by atomic mass is 35.5. The Morgan fingerprint density at radius 3 is 1.40 bits per heavy atom. The Bertz CT molecular complexity index is 2830. The van der Waals surface area contributed by atoms with Crippen molar-refractivity contribution in [2.75, 3.05) is 0 Å². The van der Waals surface area contributed by atoms with Gasteiger partial charge >= 0.3 is 0 Å². The third kappa shape index (κ3) is 6.24. The van der Waals surface area contributed by atoms with Crippen LogP contribution in [0.2, 0.25) is 10.6 Å². The summed E-state index contributed by atoms with van der Waals surface area (Å²) in [6.07, 6.45) is 9.56. The summed E-state index contributed by atoms with van der Waals surface area (Å²) < 4.78 is 0. The molecule has 0 amide bonds. The van der Waals surface area contributed by atoms with E-state index in [9.17, 15) is 0 Å². The van der Waals surface area contributed by atoms with Gasteiger partial charge in [-0.2, -0.15) is 19.9 Å². The number of halogens is 2. The first-order valence-corrected chi connectivity index (χ1v) is 21.1. The van der Waals surface area contributed by atoms with Crippen LogP contribution in [0.4, 0.5) is 0 Å². The van der Waals surface area contributed by atoms with Gasteiger partial charge in [0.1, 0.15) is 0 Å². The summed E-state index contributed by atoms with van der Waals surface area (Å²) in [6, 6.07) is 38.7. The zero-order valence-electron chi connectivity index (χ0n) is 34.3. The lowest BCUT2D eigenvalue weighted by atomic mass is 9.68. The van der Waals surface area contributed by atoms with Gasteiger partial charge in [-0.1, -0.05) is 163 Å². The minimum absolute atomic E-state index is 0.0243. The Morgan fingerprint density at radius 2 is 0.917 bits per heavy atom. The molecule has 8 heteroatoms. The van der Waals surface area contributed by atoms with Crippen molar-refractivity contribution in [1.82, 2.24) is 29.9 Å². The van der Waals surface area contributed by atoms with Gasteiger partial charge in [0.15, 0.2) is 23.3 Å². The maximum Gasteiger partial charge on any atom is 0.226 e. The Balaban J connectivity index is 1.15. The predicted octanol–water partition coefficient (Wildman–Crippen LogP) is 13.2. The number of hydrogen-bond acceptors (Lipinski definition) is 6. The first-order valence-electron chi connectivity index (χ1n) is 20.3. The van der Waals surface area contributed by atoms with Gasteiger partial charge in [-0.05, 0) is 108 Å². The number of benzene rings is 5. The van der Waals surface area contributed by atoms with Crippen LogP contribution < -0.4 is 0 Å². The van der Waals surface area contributed by atoms with Crippen molar-refractivity contribution in [3.63, 3.8) is 0 Å². The van der Waals surface area contributed by atoms with Gasteiger partial charge < -0.3 is 0 Å². The van der Waals surface area contributed by atoms with Crippen molar-refractivity contribution < 1.29 is 0 Å². The number of aromatic nitrogens is 6. The van der Waals surface area contributed by atoms with E-state index in [1.54, 1.807) is 0 Å². The van der Waals surface area contributed by atoms with E-state index in [2.05, 4.69) is 185 Å². The number of rotatable bonds is 4. The standard InChI is InChI=1S/C52H42Cl2N6/c1-50(2,3)34-22-16-30(17-23-34)44-55-46(59-48(53)57-44)32-20-26-38-39-27-21-33(47-56-45(58-49(54)60-47)31-18-24-35(25-19-31)51(4,5)6)29-43(39)52(42(38)28-32)40-14-9-7-8-12-36(40)37-13-10-11-15-41(37)52/h7-13,15-29H,14H2,1-6H3. The van der Waals surface area contributed by atoms with Gasteiger partial charge in [-0.15, -0.1) is 0 Å². The lowest BCUT2D eigenvalue weighted by Gasteiger charge is -2.33. The maximum atomic E-state index is 6.69.